The van der Waals surface area contributed by atoms with Crippen LogP contribution in [0.2, 0.25) is 0 Å². The highest BCUT2D eigenvalue weighted by molar-refractivity contribution is 7.99. The summed E-state index contributed by atoms with van der Waals surface area (Å²) >= 11 is 1.71. The molecule has 0 amide bonds. The minimum atomic E-state index is -0.433. The topological polar surface area (TPSA) is 105 Å². The van der Waals surface area contributed by atoms with Gasteiger partial charge in [0.2, 0.25) is 0 Å². The fraction of sp³-hybridized carbons (Fsp3) is 0.382. The second-order valence-electron chi connectivity index (χ2n) is 16.4. The van der Waals surface area contributed by atoms with E-state index in [2.05, 4.69) is 13.8 Å². The molecule has 8 nitrogen and oxygen atoms in total. The van der Waals surface area contributed by atoms with Crippen molar-refractivity contribution in [3.8, 4) is 33.8 Å². The van der Waals surface area contributed by atoms with Crippen molar-refractivity contribution < 1.29 is 38.1 Å². The number of rotatable bonds is 26. The van der Waals surface area contributed by atoms with Gasteiger partial charge in [-0.15, -0.1) is 11.8 Å². The van der Waals surface area contributed by atoms with Crippen LogP contribution in [-0.4, -0.2) is 41.8 Å². The number of esters is 4. The van der Waals surface area contributed by atoms with Gasteiger partial charge in [0.15, 0.2) is 0 Å². The third-order valence-corrected chi connectivity index (χ3v) is 12.1. The van der Waals surface area contributed by atoms with Crippen molar-refractivity contribution in [2.75, 3.05) is 5.75 Å². The van der Waals surface area contributed by atoms with Crippen LogP contribution in [0, 0.1) is 0 Å². The van der Waals surface area contributed by atoms with E-state index < -0.39 is 5.97 Å². The van der Waals surface area contributed by atoms with Crippen LogP contribution in [0.3, 0.4) is 0 Å². The van der Waals surface area contributed by atoms with E-state index in [0.29, 0.717) is 34.6 Å². The van der Waals surface area contributed by atoms with Gasteiger partial charge in [-0.05, 0) is 153 Å². The lowest BCUT2D eigenvalue weighted by Gasteiger charge is -2.13. The molecule has 5 aromatic carbocycles. The van der Waals surface area contributed by atoms with E-state index in [1.54, 1.807) is 72.4 Å². The molecule has 64 heavy (non-hydrogen) atoms. The highest BCUT2D eigenvalue weighted by atomic mass is 32.2. The molecule has 2 atom stereocenters. The lowest BCUT2D eigenvalue weighted by Crippen LogP contribution is -2.15. The summed E-state index contributed by atoms with van der Waals surface area (Å²) in [5.41, 5.74) is 5.30. The molecule has 0 radical (unpaired) electrons. The first kappa shape index (κ1) is 49.3. The zero-order valence-corrected chi connectivity index (χ0v) is 38.8. The Morgan fingerprint density at radius 2 is 0.828 bits per heavy atom. The van der Waals surface area contributed by atoms with E-state index >= 15 is 0 Å². The second-order valence-corrected chi connectivity index (χ2v) is 17.5. The Labute approximate surface area is 384 Å². The maximum atomic E-state index is 12.9. The van der Waals surface area contributed by atoms with Gasteiger partial charge in [0, 0.05) is 11.3 Å². The first-order valence-corrected chi connectivity index (χ1v) is 24.1. The molecular formula is C55H64O8S. The molecule has 0 aliphatic rings. The molecule has 338 valence electrons. The monoisotopic (exact) mass is 884 g/mol. The molecule has 5 aromatic rings. The Morgan fingerprint density at radius 3 is 1.28 bits per heavy atom. The number of carbonyl (C=O) groups is 4. The minimum absolute atomic E-state index is 0.104. The van der Waals surface area contributed by atoms with E-state index in [1.807, 2.05) is 74.5 Å². The van der Waals surface area contributed by atoms with E-state index in [0.717, 1.165) is 90.7 Å². The SMILES string of the molecule is CCCCCC[C@H](C)OC(=O)c1ccc(-c2ccc(OC(=O)CCCCCSc3ccc(C(=O)Oc4ccc(-c5ccc(C(=O)O[C@@H](C)CCCCCC)cc5)cc4)cc3)cc2)cc1. The molecular weight excluding hydrogens is 821 g/mol. The number of benzene rings is 5. The van der Waals surface area contributed by atoms with E-state index in [4.69, 9.17) is 18.9 Å². The summed E-state index contributed by atoms with van der Waals surface area (Å²) in [7, 11) is 0. The number of unbranched alkanes of at least 4 members (excludes halogenated alkanes) is 8. The van der Waals surface area contributed by atoms with Crippen LogP contribution in [-0.2, 0) is 14.3 Å². The van der Waals surface area contributed by atoms with Crippen molar-refractivity contribution in [3.05, 3.63) is 138 Å². The summed E-state index contributed by atoms with van der Waals surface area (Å²) in [6.07, 6.45) is 13.6. The molecule has 0 spiro atoms. The van der Waals surface area contributed by atoms with Gasteiger partial charge in [-0.3, -0.25) is 4.79 Å². The maximum Gasteiger partial charge on any atom is 0.343 e. The van der Waals surface area contributed by atoms with Crippen molar-refractivity contribution >= 4 is 35.6 Å². The third kappa shape index (κ3) is 16.8. The van der Waals surface area contributed by atoms with E-state index in [-0.39, 0.29) is 30.1 Å². The number of hydrogen-bond acceptors (Lipinski definition) is 9. The molecule has 5 rings (SSSR count). The summed E-state index contributed by atoms with van der Waals surface area (Å²) in [4.78, 5) is 51.7. The minimum Gasteiger partial charge on any atom is -0.459 e. The van der Waals surface area contributed by atoms with E-state index in [9.17, 15) is 19.2 Å². The van der Waals surface area contributed by atoms with Crippen molar-refractivity contribution in [1.82, 2.24) is 0 Å². The Morgan fingerprint density at radius 1 is 0.438 bits per heavy atom. The molecule has 0 saturated heterocycles. The lowest BCUT2D eigenvalue weighted by molar-refractivity contribution is -0.134. The largest absolute Gasteiger partial charge is 0.459 e. The molecule has 0 aliphatic carbocycles. The van der Waals surface area contributed by atoms with Gasteiger partial charge in [0.25, 0.3) is 0 Å². The van der Waals surface area contributed by atoms with Crippen LogP contribution in [0.15, 0.2) is 126 Å². The van der Waals surface area contributed by atoms with Crippen LogP contribution in [0.5, 0.6) is 11.5 Å². The van der Waals surface area contributed by atoms with Crippen LogP contribution in [0.4, 0.5) is 0 Å². The Kier molecular flexibility index (Phi) is 20.7. The van der Waals surface area contributed by atoms with Gasteiger partial charge in [-0.25, -0.2) is 14.4 Å². The Balaban J connectivity index is 0.947. The fourth-order valence-corrected chi connectivity index (χ4v) is 8.05. The standard InChI is InChI=1S/C55H64O8S/c1-5-7-9-12-16-40(3)60-53(57)46-23-19-42(20-24-46)44-27-33-49(34-28-44)62-52(56)18-14-11-15-39-64-51-37-31-48(32-38-51)55(59)63-50-35-29-45(30-36-50)43-21-25-47(26-22-43)54(58)61-41(4)17-13-10-8-6-2/h19-38,40-41H,5-18,39H2,1-4H3/t40-,41-/m0/s1. The third-order valence-electron chi connectivity index (χ3n) is 11.0. The predicted molar refractivity (Wildman–Crippen MR) is 257 cm³/mol. The van der Waals surface area contributed by atoms with Crippen molar-refractivity contribution in [2.24, 2.45) is 0 Å². The first-order chi connectivity index (χ1) is 31.1. The number of hydrogen-bond donors (Lipinski definition) is 0. The van der Waals surface area contributed by atoms with Crippen molar-refractivity contribution in [2.45, 2.75) is 135 Å². The first-order valence-electron chi connectivity index (χ1n) is 23.1. The molecule has 0 unspecified atom stereocenters. The van der Waals surface area contributed by atoms with Crippen LogP contribution < -0.4 is 9.47 Å². The van der Waals surface area contributed by atoms with Crippen LogP contribution >= 0.6 is 11.8 Å². The second kappa shape index (κ2) is 26.8. The highest BCUT2D eigenvalue weighted by Crippen LogP contribution is 2.27. The van der Waals surface area contributed by atoms with Gasteiger partial charge >= 0.3 is 23.9 Å². The van der Waals surface area contributed by atoms with E-state index in [1.165, 1.54) is 25.7 Å². The van der Waals surface area contributed by atoms with Gasteiger partial charge in [-0.1, -0.05) is 107 Å². The number of thioether (sulfide) groups is 1. The van der Waals surface area contributed by atoms with Crippen LogP contribution in [0.1, 0.15) is 149 Å². The van der Waals surface area contributed by atoms with Crippen LogP contribution in [0.25, 0.3) is 22.3 Å². The van der Waals surface area contributed by atoms with Gasteiger partial charge in [-0.2, -0.15) is 0 Å². The highest BCUT2D eigenvalue weighted by Gasteiger charge is 2.15. The van der Waals surface area contributed by atoms with Gasteiger partial charge in [0.05, 0.1) is 28.9 Å². The van der Waals surface area contributed by atoms with Crippen molar-refractivity contribution in [1.29, 1.82) is 0 Å². The molecule has 0 heterocycles. The number of ether oxygens (including phenoxy) is 4. The van der Waals surface area contributed by atoms with Crippen molar-refractivity contribution in [3.63, 3.8) is 0 Å². The molecule has 0 aromatic heterocycles. The lowest BCUT2D eigenvalue weighted by atomic mass is 10.0. The summed E-state index contributed by atoms with van der Waals surface area (Å²) < 4.78 is 22.5. The summed E-state index contributed by atoms with van der Waals surface area (Å²) in [5.74, 6) is 0.526. The molecule has 0 aliphatic heterocycles. The van der Waals surface area contributed by atoms with Gasteiger partial charge in [0.1, 0.15) is 11.5 Å². The maximum absolute atomic E-state index is 12.9. The molecule has 0 saturated carbocycles. The predicted octanol–water partition coefficient (Wildman–Crippen LogP) is 14.5. The normalized spacial score (nSPS) is 11.9. The quantitative estimate of drug-likeness (QED) is 0.0232. The summed E-state index contributed by atoms with van der Waals surface area (Å²) in [6.45, 7) is 8.25. The average Bonchev–Trinajstić information content (AvgIpc) is 3.31. The zero-order valence-electron chi connectivity index (χ0n) is 38.0. The summed E-state index contributed by atoms with van der Waals surface area (Å²) in [6, 6.07) is 36.8. The zero-order chi connectivity index (χ0) is 45.5. The number of carbonyl (C=O) groups excluding carboxylic acids is 4. The average molecular weight is 885 g/mol. The molecule has 9 heteroatoms. The fourth-order valence-electron chi connectivity index (χ4n) is 7.14. The summed E-state index contributed by atoms with van der Waals surface area (Å²) in [5, 5.41) is 0. The molecule has 0 fully saturated rings. The van der Waals surface area contributed by atoms with Gasteiger partial charge < -0.3 is 18.9 Å². The smallest absolute Gasteiger partial charge is 0.343 e. The molecule has 0 N–H and O–H groups in total. The Hall–Kier alpha value is -5.67. The Bertz CT molecular complexity index is 2180. The molecule has 0 bridgehead atoms.